The highest BCUT2D eigenvalue weighted by Gasteiger charge is 2.30. The molecule has 4 rings (SSSR count). The van der Waals surface area contributed by atoms with Crippen molar-refractivity contribution in [1.29, 1.82) is 0 Å². The molecule has 3 aromatic rings. The van der Waals surface area contributed by atoms with Crippen LogP contribution < -0.4 is 0 Å². The van der Waals surface area contributed by atoms with Crippen molar-refractivity contribution in [3.05, 3.63) is 82.7 Å². The highest BCUT2D eigenvalue weighted by atomic mass is 32.2. The molecule has 32 heavy (non-hydrogen) atoms. The Hall–Kier alpha value is -2.97. The molecule has 1 fully saturated rings. The molecule has 2 aromatic carbocycles. The van der Waals surface area contributed by atoms with Crippen LogP contribution in [-0.4, -0.2) is 59.5 Å². The second kappa shape index (κ2) is 8.88. The fourth-order valence-corrected chi connectivity index (χ4v) is 5.36. The van der Waals surface area contributed by atoms with E-state index in [-0.39, 0.29) is 19.0 Å². The van der Waals surface area contributed by atoms with E-state index >= 15 is 0 Å². The summed E-state index contributed by atoms with van der Waals surface area (Å²) in [5, 5.41) is 4.48. The molecule has 0 unspecified atom stereocenters. The van der Waals surface area contributed by atoms with Gasteiger partial charge in [0.15, 0.2) is 0 Å². The van der Waals surface area contributed by atoms with Crippen molar-refractivity contribution >= 4 is 15.9 Å². The molecule has 0 bridgehead atoms. The molecule has 1 saturated heterocycles. The Balaban J connectivity index is 1.38. The number of rotatable bonds is 5. The Labute approximate surface area is 189 Å². The van der Waals surface area contributed by atoms with Crippen LogP contribution >= 0.6 is 0 Å². The number of hydrogen-bond acceptors (Lipinski definition) is 4. The van der Waals surface area contributed by atoms with Crippen molar-refractivity contribution in [1.82, 2.24) is 19.0 Å². The van der Waals surface area contributed by atoms with E-state index < -0.39 is 10.0 Å². The lowest BCUT2D eigenvalue weighted by Gasteiger charge is -2.34. The molecule has 0 N–H and O–H groups in total. The lowest BCUT2D eigenvalue weighted by molar-refractivity contribution is 0.0698. The third kappa shape index (κ3) is 4.61. The van der Waals surface area contributed by atoms with Crippen LogP contribution in [0, 0.1) is 20.8 Å². The summed E-state index contributed by atoms with van der Waals surface area (Å²) < 4.78 is 29.1. The van der Waals surface area contributed by atoms with Gasteiger partial charge in [0.2, 0.25) is 10.0 Å². The van der Waals surface area contributed by atoms with Gasteiger partial charge in [-0.2, -0.15) is 9.40 Å². The van der Waals surface area contributed by atoms with Crippen LogP contribution in [0.2, 0.25) is 0 Å². The molecular formula is C24H28N4O3S. The normalized spacial score (nSPS) is 15.2. The van der Waals surface area contributed by atoms with Crippen LogP contribution in [0.25, 0.3) is 0 Å². The number of hydrogen-bond donors (Lipinski definition) is 0. The Kier molecular flexibility index (Phi) is 6.17. The van der Waals surface area contributed by atoms with E-state index in [1.165, 1.54) is 4.31 Å². The monoisotopic (exact) mass is 452 g/mol. The van der Waals surface area contributed by atoms with Gasteiger partial charge >= 0.3 is 0 Å². The Bertz CT molecular complexity index is 1210. The third-order valence-corrected chi connectivity index (χ3v) is 7.73. The second-order valence-electron chi connectivity index (χ2n) is 8.29. The summed E-state index contributed by atoms with van der Waals surface area (Å²) in [6.07, 6.45) is 0. The maximum atomic E-state index is 12.9. The fraction of sp³-hybridized carbons (Fsp3) is 0.333. The number of carbonyl (C=O) groups excluding carboxylic acids is 1. The zero-order valence-electron chi connectivity index (χ0n) is 18.7. The molecule has 168 valence electrons. The van der Waals surface area contributed by atoms with Gasteiger partial charge in [-0.1, -0.05) is 29.8 Å². The minimum absolute atomic E-state index is 0.0740. The number of aryl methyl sites for hydroxylation is 3. The second-order valence-corrected chi connectivity index (χ2v) is 10.2. The van der Waals surface area contributed by atoms with E-state index in [2.05, 4.69) is 5.10 Å². The van der Waals surface area contributed by atoms with Gasteiger partial charge in [0.25, 0.3) is 5.91 Å². The predicted molar refractivity (Wildman–Crippen MR) is 123 cm³/mol. The van der Waals surface area contributed by atoms with Crippen LogP contribution in [-0.2, 0) is 16.6 Å². The van der Waals surface area contributed by atoms with Crippen molar-refractivity contribution in [2.75, 3.05) is 26.2 Å². The van der Waals surface area contributed by atoms with E-state index in [9.17, 15) is 13.2 Å². The standard InChI is InChI=1S/C24H28N4O3S/c1-18-4-10-23(11-5-18)32(30,31)27-14-12-26(13-15-27)24(29)22-8-6-21(7-9-22)17-28-20(3)16-19(2)25-28/h4-11,16H,12-15,17H2,1-3H3. The van der Waals surface area contributed by atoms with Gasteiger partial charge in [0.1, 0.15) is 0 Å². The van der Waals surface area contributed by atoms with Crippen LogP contribution in [0.15, 0.2) is 59.5 Å². The molecule has 0 saturated carbocycles. The first kappa shape index (κ1) is 22.2. The molecule has 1 amide bonds. The van der Waals surface area contributed by atoms with Gasteiger partial charge < -0.3 is 4.90 Å². The van der Waals surface area contributed by atoms with Crippen LogP contribution in [0.1, 0.15) is 32.9 Å². The summed E-state index contributed by atoms with van der Waals surface area (Å²) in [6, 6.07) is 16.5. The van der Waals surface area contributed by atoms with Crippen LogP contribution in [0.4, 0.5) is 0 Å². The molecule has 0 atom stereocenters. The lowest BCUT2D eigenvalue weighted by Crippen LogP contribution is -2.50. The Morgan fingerprint density at radius 2 is 1.53 bits per heavy atom. The number of nitrogens with zero attached hydrogens (tertiary/aromatic N) is 4. The Morgan fingerprint density at radius 1 is 0.906 bits per heavy atom. The van der Waals surface area contributed by atoms with E-state index in [1.54, 1.807) is 29.2 Å². The number of amides is 1. The van der Waals surface area contributed by atoms with E-state index in [4.69, 9.17) is 0 Å². The number of sulfonamides is 1. The third-order valence-electron chi connectivity index (χ3n) is 5.82. The number of benzene rings is 2. The molecule has 7 nitrogen and oxygen atoms in total. The molecule has 8 heteroatoms. The molecule has 2 heterocycles. The lowest BCUT2D eigenvalue weighted by atomic mass is 10.1. The van der Waals surface area contributed by atoms with Gasteiger partial charge in [-0.3, -0.25) is 9.48 Å². The Morgan fingerprint density at radius 3 is 2.09 bits per heavy atom. The number of carbonyl (C=O) groups is 1. The maximum Gasteiger partial charge on any atom is 0.253 e. The average Bonchev–Trinajstić information content (AvgIpc) is 3.10. The molecule has 1 aromatic heterocycles. The summed E-state index contributed by atoms with van der Waals surface area (Å²) >= 11 is 0. The zero-order valence-corrected chi connectivity index (χ0v) is 19.5. The van der Waals surface area contributed by atoms with Crippen molar-refractivity contribution in [2.24, 2.45) is 0 Å². The highest BCUT2D eigenvalue weighted by Crippen LogP contribution is 2.19. The SMILES string of the molecule is Cc1ccc(S(=O)(=O)N2CCN(C(=O)c3ccc(Cn4nc(C)cc4C)cc3)CC2)cc1. The maximum absolute atomic E-state index is 12.9. The first-order valence-corrected chi connectivity index (χ1v) is 12.1. The van der Waals surface area contributed by atoms with Crippen molar-refractivity contribution in [2.45, 2.75) is 32.2 Å². The minimum Gasteiger partial charge on any atom is -0.336 e. The molecule has 1 aliphatic rings. The summed E-state index contributed by atoms with van der Waals surface area (Å²) in [5.41, 5.74) is 4.78. The first-order chi connectivity index (χ1) is 15.2. The van der Waals surface area contributed by atoms with E-state index in [0.717, 1.165) is 22.5 Å². The summed E-state index contributed by atoms with van der Waals surface area (Å²) in [7, 11) is -3.54. The van der Waals surface area contributed by atoms with Gasteiger partial charge in [0.05, 0.1) is 17.1 Å². The smallest absolute Gasteiger partial charge is 0.253 e. The zero-order chi connectivity index (χ0) is 22.9. The number of piperazine rings is 1. The first-order valence-electron chi connectivity index (χ1n) is 10.7. The summed E-state index contributed by atoms with van der Waals surface area (Å²) in [6.45, 7) is 7.90. The topological polar surface area (TPSA) is 75.5 Å². The minimum atomic E-state index is -3.54. The highest BCUT2D eigenvalue weighted by molar-refractivity contribution is 7.89. The molecule has 0 aliphatic carbocycles. The van der Waals surface area contributed by atoms with Gasteiger partial charge in [-0.15, -0.1) is 0 Å². The summed E-state index contributed by atoms with van der Waals surface area (Å²) in [5.74, 6) is -0.0740. The molecule has 1 aliphatic heterocycles. The van der Waals surface area contributed by atoms with Gasteiger partial charge in [-0.25, -0.2) is 8.42 Å². The van der Waals surface area contributed by atoms with E-state index in [0.29, 0.717) is 30.1 Å². The molecule has 0 radical (unpaired) electrons. The van der Waals surface area contributed by atoms with Crippen molar-refractivity contribution < 1.29 is 13.2 Å². The number of aromatic nitrogens is 2. The average molecular weight is 453 g/mol. The largest absolute Gasteiger partial charge is 0.336 e. The molecule has 0 spiro atoms. The fourth-order valence-electron chi connectivity index (χ4n) is 3.93. The quantitative estimate of drug-likeness (QED) is 0.596. The van der Waals surface area contributed by atoms with Gasteiger partial charge in [-0.05, 0) is 56.7 Å². The summed E-state index contributed by atoms with van der Waals surface area (Å²) in [4.78, 5) is 14.9. The van der Waals surface area contributed by atoms with Crippen LogP contribution in [0.3, 0.4) is 0 Å². The predicted octanol–water partition coefficient (Wildman–Crippen LogP) is 3.00. The molecular weight excluding hydrogens is 424 g/mol. The van der Waals surface area contributed by atoms with Crippen molar-refractivity contribution in [3.8, 4) is 0 Å². The van der Waals surface area contributed by atoms with E-state index in [1.807, 2.05) is 55.8 Å². The van der Waals surface area contributed by atoms with Crippen LogP contribution in [0.5, 0.6) is 0 Å². The van der Waals surface area contributed by atoms with Crippen molar-refractivity contribution in [3.63, 3.8) is 0 Å². The van der Waals surface area contributed by atoms with Gasteiger partial charge in [0, 0.05) is 37.4 Å².